The van der Waals surface area contributed by atoms with Gasteiger partial charge in [0.25, 0.3) is 5.91 Å². The summed E-state index contributed by atoms with van der Waals surface area (Å²) in [6.07, 6.45) is 5.16. The highest BCUT2D eigenvalue weighted by Crippen LogP contribution is 2.28. The molecule has 3 nitrogen and oxygen atoms in total. The van der Waals surface area contributed by atoms with Crippen molar-refractivity contribution >= 4 is 11.6 Å². The molecule has 1 fully saturated rings. The highest BCUT2D eigenvalue weighted by atomic mass is 16.1. The van der Waals surface area contributed by atoms with Gasteiger partial charge >= 0.3 is 0 Å². The van der Waals surface area contributed by atoms with Gasteiger partial charge in [-0.25, -0.2) is 0 Å². The molecule has 104 valence electrons. The molecule has 1 amide bonds. The van der Waals surface area contributed by atoms with Crippen molar-refractivity contribution in [1.29, 1.82) is 0 Å². The molecule has 2 unspecified atom stereocenters. The second kappa shape index (κ2) is 6.09. The number of benzene rings is 1. The first-order valence-electron chi connectivity index (χ1n) is 7.22. The van der Waals surface area contributed by atoms with Gasteiger partial charge in [0.2, 0.25) is 0 Å². The Kier molecular flexibility index (Phi) is 4.46. The Morgan fingerprint density at radius 1 is 1.37 bits per heavy atom. The first-order valence-corrected chi connectivity index (χ1v) is 7.22. The van der Waals surface area contributed by atoms with Crippen LogP contribution in [-0.2, 0) is 0 Å². The molecule has 19 heavy (non-hydrogen) atoms. The van der Waals surface area contributed by atoms with Crippen LogP contribution in [0, 0.1) is 18.8 Å². The summed E-state index contributed by atoms with van der Waals surface area (Å²) in [5.41, 5.74) is 8.08. The Bertz CT molecular complexity index is 456. The quantitative estimate of drug-likeness (QED) is 0.820. The molecule has 3 heteroatoms. The average molecular weight is 260 g/mol. The van der Waals surface area contributed by atoms with Gasteiger partial charge in [-0.05, 0) is 48.9 Å². The Labute approximate surface area is 115 Å². The molecule has 0 aromatic heterocycles. The van der Waals surface area contributed by atoms with E-state index in [1.54, 1.807) is 6.07 Å². The number of anilines is 1. The van der Waals surface area contributed by atoms with E-state index in [4.69, 9.17) is 5.73 Å². The van der Waals surface area contributed by atoms with Gasteiger partial charge in [-0.1, -0.05) is 26.2 Å². The molecule has 1 aliphatic carbocycles. The van der Waals surface area contributed by atoms with Gasteiger partial charge in [0.05, 0.1) is 0 Å². The lowest BCUT2D eigenvalue weighted by molar-refractivity contribution is 0.0936. The van der Waals surface area contributed by atoms with Crippen LogP contribution < -0.4 is 11.1 Å². The van der Waals surface area contributed by atoms with Gasteiger partial charge in [-0.2, -0.15) is 0 Å². The maximum Gasteiger partial charge on any atom is 0.251 e. The number of carbonyl (C=O) groups excluding carboxylic acids is 1. The summed E-state index contributed by atoms with van der Waals surface area (Å²) in [4.78, 5) is 12.2. The zero-order chi connectivity index (χ0) is 13.8. The number of carbonyl (C=O) groups is 1. The van der Waals surface area contributed by atoms with Gasteiger partial charge in [-0.3, -0.25) is 4.79 Å². The van der Waals surface area contributed by atoms with Crippen molar-refractivity contribution in [3.8, 4) is 0 Å². The molecule has 1 aromatic rings. The lowest BCUT2D eigenvalue weighted by Crippen LogP contribution is -2.33. The van der Waals surface area contributed by atoms with E-state index in [2.05, 4.69) is 12.2 Å². The molecule has 2 atom stereocenters. The first kappa shape index (κ1) is 13.9. The number of amides is 1. The molecule has 1 saturated carbocycles. The van der Waals surface area contributed by atoms with Gasteiger partial charge in [0.15, 0.2) is 0 Å². The normalized spacial score (nSPS) is 23.1. The minimum atomic E-state index is 0.0234. The van der Waals surface area contributed by atoms with E-state index in [9.17, 15) is 4.79 Å². The van der Waals surface area contributed by atoms with E-state index < -0.39 is 0 Å². The second-order valence-electron chi connectivity index (χ2n) is 5.81. The summed E-state index contributed by atoms with van der Waals surface area (Å²) in [6, 6.07) is 5.44. The smallest absolute Gasteiger partial charge is 0.251 e. The summed E-state index contributed by atoms with van der Waals surface area (Å²) < 4.78 is 0. The summed E-state index contributed by atoms with van der Waals surface area (Å²) in [5.74, 6) is 1.38. The molecule has 0 saturated heterocycles. The van der Waals surface area contributed by atoms with Gasteiger partial charge in [0, 0.05) is 17.8 Å². The highest BCUT2D eigenvalue weighted by Gasteiger charge is 2.22. The van der Waals surface area contributed by atoms with Crippen molar-refractivity contribution in [1.82, 2.24) is 5.32 Å². The fourth-order valence-corrected chi connectivity index (χ4v) is 2.96. The van der Waals surface area contributed by atoms with Crippen LogP contribution >= 0.6 is 0 Å². The number of aryl methyl sites for hydroxylation is 1. The zero-order valence-electron chi connectivity index (χ0n) is 11.9. The minimum Gasteiger partial charge on any atom is -0.399 e. The summed E-state index contributed by atoms with van der Waals surface area (Å²) in [7, 11) is 0. The standard InChI is InChI=1S/C16H24N2O/c1-11-5-3-4-6-13(11)10-18-16(19)15-8-7-14(17)9-12(15)2/h7-9,11,13H,3-6,10,17H2,1-2H3,(H,18,19). The SMILES string of the molecule is Cc1cc(N)ccc1C(=O)NCC1CCCCC1C. The van der Waals surface area contributed by atoms with Gasteiger partial charge < -0.3 is 11.1 Å². The average Bonchev–Trinajstić information content (AvgIpc) is 2.37. The third-order valence-electron chi connectivity index (χ3n) is 4.31. The van der Waals surface area contributed by atoms with Crippen molar-refractivity contribution in [2.75, 3.05) is 12.3 Å². The first-order chi connectivity index (χ1) is 9.08. The van der Waals surface area contributed by atoms with E-state index in [1.165, 1.54) is 25.7 Å². The van der Waals surface area contributed by atoms with Crippen molar-refractivity contribution in [2.24, 2.45) is 11.8 Å². The monoisotopic (exact) mass is 260 g/mol. The third kappa shape index (κ3) is 3.49. The van der Waals surface area contributed by atoms with E-state index >= 15 is 0 Å². The van der Waals surface area contributed by atoms with Crippen molar-refractivity contribution < 1.29 is 4.79 Å². The van der Waals surface area contributed by atoms with E-state index in [0.717, 1.165) is 23.6 Å². The highest BCUT2D eigenvalue weighted by molar-refractivity contribution is 5.96. The lowest BCUT2D eigenvalue weighted by atomic mass is 9.80. The van der Waals surface area contributed by atoms with Crippen LogP contribution in [0.5, 0.6) is 0 Å². The maximum atomic E-state index is 12.2. The topological polar surface area (TPSA) is 55.1 Å². The third-order valence-corrected chi connectivity index (χ3v) is 4.31. The fraction of sp³-hybridized carbons (Fsp3) is 0.562. The Balaban J connectivity index is 1.93. The fourth-order valence-electron chi connectivity index (χ4n) is 2.96. The molecule has 1 aromatic carbocycles. The minimum absolute atomic E-state index is 0.0234. The predicted octanol–water partition coefficient (Wildman–Crippen LogP) is 3.13. The Hall–Kier alpha value is -1.51. The van der Waals surface area contributed by atoms with Crippen LogP contribution in [0.15, 0.2) is 18.2 Å². The Morgan fingerprint density at radius 2 is 2.11 bits per heavy atom. The second-order valence-corrected chi connectivity index (χ2v) is 5.81. The summed E-state index contributed by atoms with van der Waals surface area (Å²) in [5, 5.41) is 3.08. The number of nitrogens with two attached hydrogens (primary N) is 1. The van der Waals surface area contributed by atoms with Gasteiger partial charge in [0.1, 0.15) is 0 Å². The van der Waals surface area contributed by atoms with Gasteiger partial charge in [-0.15, -0.1) is 0 Å². The molecule has 2 rings (SSSR count). The largest absolute Gasteiger partial charge is 0.399 e. The molecule has 3 N–H and O–H groups in total. The summed E-state index contributed by atoms with van der Waals surface area (Å²) >= 11 is 0. The molecule has 0 radical (unpaired) electrons. The number of hydrogen-bond donors (Lipinski definition) is 2. The zero-order valence-corrected chi connectivity index (χ0v) is 11.9. The lowest BCUT2D eigenvalue weighted by Gasteiger charge is -2.28. The van der Waals surface area contributed by atoms with Crippen molar-refractivity contribution in [2.45, 2.75) is 39.5 Å². The van der Waals surface area contributed by atoms with E-state index in [1.807, 2.05) is 19.1 Å². The number of rotatable bonds is 3. The van der Waals surface area contributed by atoms with Crippen LogP contribution in [0.2, 0.25) is 0 Å². The number of hydrogen-bond acceptors (Lipinski definition) is 2. The Morgan fingerprint density at radius 3 is 2.79 bits per heavy atom. The van der Waals surface area contributed by atoms with Crippen LogP contribution in [0.25, 0.3) is 0 Å². The van der Waals surface area contributed by atoms with Crippen LogP contribution in [0.1, 0.15) is 48.5 Å². The molecular formula is C16H24N2O. The summed E-state index contributed by atoms with van der Waals surface area (Å²) in [6.45, 7) is 5.02. The van der Waals surface area contributed by atoms with Crippen LogP contribution in [0.3, 0.4) is 0 Å². The molecule has 0 bridgehead atoms. The number of nitrogens with one attached hydrogen (secondary N) is 1. The van der Waals surface area contributed by atoms with E-state index in [-0.39, 0.29) is 5.91 Å². The predicted molar refractivity (Wildman–Crippen MR) is 79.0 cm³/mol. The van der Waals surface area contributed by atoms with Crippen LogP contribution in [0.4, 0.5) is 5.69 Å². The maximum absolute atomic E-state index is 12.2. The molecule has 0 spiro atoms. The molecular weight excluding hydrogens is 236 g/mol. The van der Waals surface area contributed by atoms with Crippen molar-refractivity contribution in [3.63, 3.8) is 0 Å². The van der Waals surface area contributed by atoms with Crippen molar-refractivity contribution in [3.05, 3.63) is 29.3 Å². The van der Waals surface area contributed by atoms with Crippen LogP contribution in [-0.4, -0.2) is 12.5 Å². The molecule has 0 heterocycles. The molecule has 0 aliphatic heterocycles. The molecule has 1 aliphatic rings. The van der Waals surface area contributed by atoms with E-state index in [0.29, 0.717) is 11.6 Å². The number of nitrogen functional groups attached to an aromatic ring is 1.